The number of piperidine rings is 1. The van der Waals surface area contributed by atoms with Gasteiger partial charge in [0.1, 0.15) is 5.75 Å². The zero-order chi connectivity index (χ0) is 19.7. The summed E-state index contributed by atoms with van der Waals surface area (Å²) in [6.45, 7) is 4.11. The van der Waals surface area contributed by atoms with Gasteiger partial charge in [0.2, 0.25) is 10.0 Å². The van der Waals surface area contributed by atoms with Gasteiger partial charge in [0.25, 0.3) is 5.91 Å². The summed E-state index contributed by atoms with van der Waals surface area (Å²) >= 11 is 0. The summed E-state index contributed by atoms with van der Waals surface area (Å²) in [4.78, 5) is 11.8. The molecule has 3 rings (SSSR count). The molecule has 0 bridgehead atoms. The van der Waals surface area contributed by atoms with Gasteiger partial charge in [-0.1, -0.05) is 12.1 Å². The second-order valence-electron chi connectivity index (χ2n) is 7.95. The molecule has 2 N–H and O–H groups in total. The molecule has 0 unspecified atom stereocenters. The largest absolute Gasteiger partial charge is 0.493 e. The molecule has 1 heterocycles. The minimum absolute atomic E-state index is 0.281. The second-order valence-corrected chi connectivity index (χ2v) is 10.4. The van der Waals surface area contributed by atoms with Crippen LogP contribution >= 0.6 is 0 Å². The quantitative estimate of drug-likeness (QED) is 0.544. The molecule has 150 valence electrons. The predicted octanol–water partition coefficient (Wildman–Crippen LogP) is 2.27. The molecule has 7 nitrogen and oxygen atoms in total. The average molecular weight is 397 g/mol. The van der Waals surface area contributed by atoms with Crippen molar-refractivity contribution in [1.29, 1.82) is 0 Å². The number of carbonyl (C=O) groups is 1. The van der Waals surface area contributed by atoms with Crippen LogP contribution in [0.3, 0.4) is 0 Å². The van der Waals surface area contributed by atoms with Gasteiger partial charge in [-0.05, 0) is 69.1 Å². The molecule has 0 atom stereocenters. The first-order chi connectivity index (χ1) is 12.8. The van der Waals surface area contributed by atoms with Gasteiger partial charge >= 0.3 is 0 Å². The van der Waals surface area contributed by atoms with Gasteiger partial charge in [-0.15, -0.1) is 0 Å². The number of carbonyl (C=O) groups excluding carboxylic acids is 1. The molecule has 27 heavy (non-hydrogen) atoms. The molecular formula is C19H28N2O5S. The van der Waals surface area contributed by atoms with Gasteiger partial charge in [0, 0.05) is 13.1 Å². The predicted molar refractivity (Wildman–Crippen MR) is 101 cm³/mol. The van der Waals surface area contributed by atoms with Gasteiger partial charge in [-0.2, -0.15) is 0 Å². The summed E-state index contributed by atoms with van der Waals surface area (Å²) < 4.78 is 30.9. The molecule has 2 aliphatic rings. The first kappa shape index (κ1) is 20.1. The normalized spacial score (nSPS) is 19.7. The lowest BCUT2D eigenvalue weighted by molar-refractivity contribution is -0.131. The van der Waals surface area contributed by atoms with Gasteiger partial charge in [0.05, 0.1) is 6.61 Å². The van der Waals surface area contributed by atoms with Crippen LogP contribution in [-0.2, 0) is 14.8 Å². The van der Waals surface area contributed by atoms with E-state index < -0.39 is 20.7 Å². The van der Waals surface area contributed by atoms with Crippen LogP contribution < -0.4 is 10.2 Å². The van der Waals surface area contributed by atoms with Crippen molar-refractivity contribution < 1.29 is 23.2 Å². The average Bonchev–Trinajstić information content (AvgIpc) is 3.50. The second kappa shape index (κ2) is 7.77. The highest BCUT2D eigenvalue weighted by Gasteiger charge is 2.46. The van der Waals surface area contributed by atoms with Crippen molar-refractivity contribution in [2.75, 3.05) is 19.7 Å². The Balaban J connectivity index is 1.58. The van der Waals surface area contributed by atoms with Crippen LogP contribution in [0, 0.1) is 5.92 Å². The Morgan fingerprint density at radius 2 is 1.78 bits per heavy atom. The Morgan fingerprint density at radius 1 is 1.19 bits per heavy atom. The Kier molecular flexibility index (Phi) is 5.79. The molecule has 2 fully saturated rings. The van der Waals surface area contributed by atoms with Gasteiger partial charge in [-0.3, -0.25) is 10.0 Å². The summed E-state index contributed by atoms with van der Waals surface area (Å²) in [6.07, 6.45) is 3.91. The van der Waals surface area contributed by atoms with Crippen LogP contribution in [-0.4, -0.2) is 48.3 Å². The van der Waals surface area contributed by atoms with E-state index >= 15 is 0 Å². The van der Waals surface area contributed by atoms with Crippen molar-refractivity contribution in [2.45, 2.75) is 50.2 Å². The van der Waals surface area contributed by atoms with Crippen LogP contribution in [0.25, 0.3) is 0 Å². The van der Waals surface area contributed by atoms with Crippen molar-refractivity contribution >= 4 is 15.9 Å². The lowest BCUT2D eigenvalue weighted by Crippen LogP contribution is -2.54. The van der Waals surface area contributed by atoms with Crippen molar-refractivity contribution in [3.63, 3.8) is 0 Å². The first-order valence-electron chi connectivity index (χ1n) is 9.42. The lowest BCUT2D eigenvalue weighted by atomic mass is 9.90. The van der Waals surface area contributed by atoms with Gasteiger partial charge in [-0.25, -0.2) is 18.2 Å². The summed E-state index contributed by atoms with van der Waals surface area (Å²) in [5.41, 5.74) is 2.63. The van der Waals surface area contributed by atoms with Crippen molar-refractivity contribution in [2.24, 2.45) is 5.92 Å². The van der Waals surface area contributed by atoms with E-state index in [9.17, 15) is 13.2 Å². The summed E-state index contributed by atoms with van der Waals surface area (Å²) in [6, 6.07) is 8.07. The third kappa shape index (κ3) is 4.28. The van der Waals surface area contributed by atoms with Crippen LogP contribution in [0.2, 0.25) is 0 Å². The Bertz CT molecular complexity index is 764. The molecule has 1 amide bonds. The number of sulfonamides is 1. The molecule has 1 aromatic rings. The molecule has 1 saturated carbocycles. The maximum absolute atomic E-state index is 12.8. The SMILES string of the molecule is CC(C)(C(=O)NO)S(=O)(=O)N1CCC(c2ccc(OCC3CC3)cc2)CC1. The molecule has 0 aromatic heterocycles. The van der Waals surface area contributed by atoms with Crippen molar-refractivity contribution in [3.05, 3.63) is 29.8 Å². The number of nitrogens with one attached hydrogen (secondary N) is 1. The number of nitrogens with zero attached hydrogens (tertiary/aromatic N) is 1. The van der Waals surface area contributed by atoms with Crippen LogP contribution in [0.1, 0.15) is 51.0 Å². The molecule has 0 radical (unpaired) electrons. The molecule has 8 heteroatoms. The van der Waals surface area contributed by atoms with E-state index in [0.29, 0.717) is 31.8 Å². The number of rotatable bonds is 7. The van der Waals surface area contributed by atoms with E-state index in [1.165, 1.54) is 42.0 Å². The van der Waals surface area contributed by atoms with E-state index in [2.05, 4.69) is 12.1 Å². The monoisotopic (exact) mass is 396 g/mol. The minimum Gasteiger partial charge on any atom is -0.493 e. The van der Waals surface area contributed by atoms with E-state index in [0.717, 1.165) is 12.4 Å². The van der Waals surface area contributed by atoms with Gasteiger partial charge < -0.3 is 4.74 Å². The van der Waals surface area contributed by atoms with Crippen LogP contribution in [0.4, 0.5) is 0 Å². The highest BCUT2D eigenvalue weighted by atomic mass is 32.2. The van der Waals surface area contributed by atoms with Crippen LogP contribution in [0.15, 0.2) is 24.3 Å². The lowest BCUT2D eigenvalue weighted by Gasteiger charge is -2.36. The standard InChI is InChI=1S/C19H28N2O5S/c1-19(2,18(22)20-23)27(24,25)21-11-9-16(10-12-21)15-5-7-17(8-6-15)26-13-14-3-4-14/h5-8,14,16,23H,3-4,9-13H2,1-2H3,(H,20,22). The molecule has 1 aliphatic carbocycles. The topological polar surface area (TPSA) is 95.9 Å². The highest BCUT2D eigenvalue weighted by Crippen LogP contribution is 2.33. The third-order valence-corrected chi connectivity index (χ3v) is 8.14. The fraction of sp³-hybridized carbons (Fsp3) is 0.632. The maximum Gasteiger partial charge on any atom is 0.265 e. The van der Waals surface area contributed by atoms with Crippen LogP contribution in [0.5, 0.6) is 5.75 Å². The van der Waals surface area contributed by atoms with Crippen molar-refractivity contribution in [1.82, 2.24) is 9.79 Å². The minimum atomic E-state index is -3.85. The number of hydrogen-bond acceptors (Lipinski definition) is 5. The van der Waals surface area contributed by atoms with E-state index in [4.69, 9.17) is 9.94 Å². The molecule has 1 aromatic carbocycles. The summed E-state index contributed by atoms with van der Waals surface area (Å²) in [7, 11) is -3.85. The smallest absolute Gasteiger partial charge is 0.265 e. The number of benzene rings is 1. The maximum atomic E-state index is 12.8. The highest BCUT2D eigenvalue weighted by molar-refractivity contribution is 7.91. The van der Waals surface area contributed by atoms with E-state index in [1.807, 2.05) is 12.1 Å². The zero-order valence-corrected chi connectivity index (χ0v) is 16.7. The van der Waals surface area contributed by atoms with Crippen molar-refractivity contribution in [3.8, 4) is 5.75 Å². The third-order valence-electron chi connectivity index (χ3n) is 5.62. The number of amides is 1. The molecular weight excluding hydrogens is 368 g/mol. The van der Waals surface area contributed by atoms with E-state index in [1.54, 1.807) is 0 Å². The fourth-order valence-electron chi connectivity index (χ4n) is 3.34. The Morgan fingerprint density at radius 3 is 2.30 bits per heavy atom. The first-order valence-corrected chi connectivity index (χ1v) is 10.9. The van der Waals surface area contributed by atoms with E-state index in [-0.39, 0.29) is 5.92 Å². The number of hydroxylamine groups is 1. The number of ether oxygens (including phenoxy) is 1. The number of hydrogen-bond donors (Lipinski definition) is 2. The molecule has 1 aliphatic heterocycles. The summed E-state index contributed by atoms with van der Waals surface area (Å²) in [5, 5.41) is 8.82. The molecule has 1 saturated heterocycles. The Labute approximate surface area is 160 Å². The fourth-order valence-corrected chi connectivity index (χ4v) is 4.96. The van der Waals surface area contributed by atoms with Gasteiger partial charge in [0.15, 0.2) is 4.75 Å². The summed E-state index contributed by atoms with van der Waals surface area (Å²) in [5.74, 6) is 0.950. The Hall–Kier alpha value is -1.64. The zero-order valence-electron chi connectivity index (χ0n) is 15.8. The molecule has 0 spiro atoms.